The minimum atomic E-state index is 0.323. The predicted molar refractivity (Wildman–Crippen MR) is 80.2 cm³/mol. The number of hydrogen-bond acceptors (Lipinski definition) is 4. The van der Waals surface area contributed by atoms with Gasteiger partial charge in [0.2, 0.25) is 5.95 Å². The molecular weight excluding hydrogens is 256 g/mol. The van der Waals surface area contributed by atoms with Gasteiger partial charge in [0, 0.05) is 12.3 Å². The predicted octanol–water partition coefficient (Wildman–Crippen LogP) is 3.37. The molecule has 0 fully saturated rings. The van der Waals surface area contributed by atoms with Gasteiger partial charge in [0.15, 0.2) is 5.16 Å². The van der Waals surface area contributed by atoms with Crippen LogP contribution in [0.2, 0.25) is 0 Å². The van der Waals surface area contributed by atoms with Crippen LogP contribution in [-0.2, 0) is 7.05 Å². The van der Waals surface area contributed by atoms with Gasteiger partial charge in [0.25, 0.3) is 0 Å². The number of rotatable bonds is 4. The lowest BCUT2D eigenvalue weighted by Crippen LogP contribution is -1.99. The zero-order valence-electron chi connectivity index (χ0n) is 11.8. The Morgan fingerprint density at radius 3 is 2.11 bits per heavy atom. The monoisotopic (exact) mass is 276 g/mol. The molecule has 0 spiro atoms. The molecule has 5 heteroatoms. The third kappa shape index (κ3) is 3.10. The largest absolute Gasteiger partial charge is 0.368 e. The highest BCUT2D eigenvalue weighted by molar-refractivity contribution is 7.99. The summed E-state index contributed by atoms with van der Waals surface area (Å²) >= 11 is 1.67. The normalized spacial score (nSPS) is 12.9. The molecule has 1 atom stereocenters. The Balaban J connectivity index is 2.11. The number of nitrogens with zero attached hydrogens (tertiary/aromatic N) is 3. The molecule has 0 aliphatic carbocycles. The van der Waals surface area contributed by atoms with Gasteiger partial charge in [-0.05, 0) is 24.0 Å². The molecule has 0 bridgehead atoms. The van der Waals surface area contributed by atoms with E-state index in [0.29, 0.717) is 17.1 Å². The second-order valence-corrected chi connectivity index (χ2v) is 6.29. The topological polar surface area (TPSA) is 56.7 Å². The molecular formula is C14H20N4S. The van der Waals surface area contributed by atoms with Gasteiger partial charge in [-0.2, -0.15) is 0 Å². The smallest absolute Gasteiger partial charge is 0.222 e. The molecule has 4 nitrogen and oxygen atoms in total. The van der Waals surface area contributed by atoms with E-state index in [-0.39, 0.29) is 0 Å². The summed E-state index contributed by atoms with van der Waals surface area (Å²) in [6.45, 7) is 6.57. The second kappa shape index (κ2) is 5.65. The first-order valence-corrected chi connectivity index (χ1v) is 7.28. The van der Waals surface area contributed by atoms with Crippen LogP contribution in [-0.4, -0.2) is 14.8 Å². The lowest BCUT2D eigenvalue weighted by molar-refractivity contribution is 0.792. The van der Waals surface area contributed by atoms with Gasteiger partial charge < -0.3 is 5.73 Å². The lowest BCUT2D eigenvalue weighted by Gasteiger charge is -2.12. The fourth-order valence-corrected chi connectivity index (χ4v) is 2.76. The number of thioether (sulfide) groups is 1. The summed E-state index contributed by atoms with van der Waals surface area (Å²) in [6.07, 6.45) is 0. The van der Waals surface area contributed by atoms with E-state index in [2.05, 4.69) is 55.2 Å². The molecule has 0 saturated heterocycles. The molecule has 0 radical (unpaired) electrons. The van der Waals surface area contributed by atoms with Crippen LogP contribution in [0.15, 0.2) is 29.4 Å². The van der Waals surface area contributed by atoms with Crippen LogP contribution in [0, 0.1) is 0 Å². The van der Waals surface area contributed by atoms with Gasteiger partial charge in [-0.15, -0.1) is 10.2 Å². The number of anilines is 1. The standard InChI is InChI=1S/C14H20N4S/c1-9(2)11-5-7-12(8-6-11)10(3)19-14-17-16-13(15)18(14)4/h5-10H,1-4H3,(H2,15,16)/t10-/m1/s1. The van der Waals surface area contributed by atoms with Crippen molar-refractivity contribution in [3.63, 3.8) is 0 Å². The summed E-state index contributed by atoms with van der Waals surface area (Å²) in [7, 11) is 1.88. The summed E-state index contributed by atoms with van der Waals surface area (Å²) in [5.74, 6) is 1.01. The highest BCUT2D eigenvalue weighted by Gasteiger charge is 2.13. The van der Waals surface area contributed by atoms with E-state index in [1.165, 1.54) is 11.1 Å². The van der Waals surface area contributed by atoms with Crippen molar-refractivity contribution in [2.45, 2.75) is 37.1 Å². The maximum Gasteiger partial charge on any atom is 0.222 e. The van der Waals surface area contributed by atoms with Crippen LogP contribution < -0.4 is 5.73 Å². The van der Waals surface area contributed by atoms with E-state index in [1.54, 1.807) is 11.8 Å². The van der Waals surface area contributed by atoms with Crippen LogP contribution in [0.3, 0.4) is 0 Å². The molecule has 19 heavy (non-hydrogen) atoms. The Morgan fingerprint density at radius 2 is 1.63 bits per heavy atom. The maximum absolute atomic E-state index is 5.68. The van der Waals surface area contributed by atoms with Gasteiger partial charge in [-0.3, -0.25) is 4.57 Å². The van der Waals surface area contributed by atoms with E-state index >= 15 is 0 Å². The van der Waals surface area contributed by atoms with Gasteiger partial charge in [0.1, 0.15) is 0 Å². The van der Waals surface area contributed by atoms with Crippen molar-refractivity contribution in [2.24, 2.45) is 7.05 Å². The van der Waals surface area contributed by atoms with Crippen molar-refractivity contribution >= 4 is 17.7 Å². The lowest BCUT2D eigenvalue weighted by atomic mass is 10.0. The van der Waals surface area contributed by atoms with Crippen LogP contribution in [0.25, 0.3) is 0 Å². The number of benzene rings is 1. The fraction of sp³-hybridized carbons (Fsp3) is 0.429. The van der Waals surface area contributed by atoms with Crippen LogP contribution in [0.1, 0.15) is 43.1 Å². The van der Waals surface area contributed by atoms with Crippen molar-refractivity contribution in [1.29, 1.82) is 0 Å². The number of hydrogen-bond donors (Lipinski definition) is 1. The summed E-state index contributed by atoms with van der Waals surface area (Å²) in [5.41, 5.74) is 8.34. The molecule has 2 aromatic rings. The quantitative estimate of drug-likeness (QED) is 0.870. The van der Waals surface area contributed by atoms with E-state index in [0.717, 1.165) is 5.16 Å². The van der Waals surface area contributed by atoms with Crippen LogP contribution in [0.5, 0.6) is 0 Å². The third-order valence-corrected chi connectivity index (χ3v) is 4.42. The Hall–Kier alpha value is -1.49. The van der Waals surface area contributed by atoms with Crippen molar-refractivity contribution in [1.82, 2.24) is 14.8 Å². The molecule has 1 aromatic heterocycles. The Labute approximate surface area is 118 Å². The van der Waals surface area contributed by atoms with Crippen molar-refractivity contribution in [3.05, 3.63) is 35.4 Å². The SMILES string of the molecule is CC(C)c1ccc([C@@H](C)Sc2nnc(N)n2C)cc1. The van der Waals surface area contributed by atoms with E-state index in [4.69, 9.17) is 5.73 Å². The van der Waals surface area contributed by atoms with Crippen molar-refractivity contribution in [3.8, 4) is 0 Å². The Kier molecular flexibility index (Phi) is 4.14. The first-order valence-electron chi connectivity index (χ1n) is 6.40. The van der Waals surface area contributed by atoms with Crippen molar-refractivity contribution < 1.29 is 0 Å². The van der Waals surface area contributed by atoms with Crippen LogP contribution >= 0.6 is 11.8 Å². The second-order valence-electron chi connectivity index (χ2n) is 4.98. The number of nitrogens with two attached hydrogens (primary N) is 1. The van der Waals surface area contributed by atoms with E-state index in [9.17, 15) is 0 Å². The average Bonchev–Trinajstić information content (AvgIpc) is 2.71. The van der Waals surface area contributed by atoms with Gasteiger partial charge in [-0.25, -0.2) is 0 Å². The van der Waals surface area contributed by atoms with Crippen molar-refractivity contribution in [2.75, 3.05) is 5.73 Å². The van der Waals surface area contributed by atoms with E-state index < -0.39 is 0 Å². The molecule has 0 aliphatic heterocycles. The zero-order valence-corrected chi connectivity index (χ0v) is 12.6. The van der Waals surface area contributed by atoms with Gasteiger partial charge in [-0.1, -0.05) is 49.9 Å². The minimum Gasteiger partial charge on any atom is -0.368 e. The maximum atomic E-state index is 5.68. The molecule has 0 unspecified atom stereocenters. The molecule has 2 rings (SSSR count). The Bertz CT molecular complexity index is 545. The molecule has 1 heterocycles. The molecule has 2 N–H and O–H groups in total. The molecule has 1 aromatic carbocycles. The zero-order chi connectivity index (χ0) is 14.0. The van der Waals surface area contributed by atoms with E-state index in [1.807, 2.05) is 11.6 Å². The number of aromatic nitrogens is 3. The third-order valence-electron chi connectivity index (χ3n) is 3.22. The highest BCUT2D eigenvalue weighted by atomic mass is 32.2. The summed E-state index contributed by atoms with van der Waals surface area (Å²) in [5, 5.41) is 9.12. The molecule has 0 amide bonds. The van der Waals surface area contributed by atoms with Crippen LogP contribution in [0.4, 0.5) is 5.95 Å². The fourth-order valence-electron chi connectivity index (χ4n) is 1.81. The average molecular weight is 276 g/mol. The molecule has 102 valence electrons. The Morgan fingerprint density at radius 1 is 1.05 bits per heavy atom. The molecule has 0 aliphatic rings. The first-order chi connectivity index (χ1) is 8.99. The number of nitrogen functional groups attached to an aromatic ring is 1. The minimum absolute atomic E-state index is 0.323. The van der Waals surface area contributed by atoms with Gasteiger partial charge in [0.05, 0.1) is 0 Å². The summed E-state index contributed by atoms with van der Waals surface area (Å²) < 4.78 is 1.81. The van der Waals surface area contributed by atoms with Gasteiger partial charge >= 0.3 is 0 Å². The first kappa shape index (κ1) is 13.9. The summed E-state index contributed by atoms with van der Waals surface area (Å²) in [4.78, 5) is 0. The molecule has 0 saturated carbocycles. The summed E-state index contributed by atoms with van der Waals surface area (Å²) in [6, 6.07) is 8.77. The highest BCUT2D eigenvalue weighted by Crippen LogP contribution is 2.34.